The van der Waals surface area contributed by atoms with Gasteiger partial charge in [0.1, 0.15) is 6.54 Å². The number of imide groups is 1. The third kappa shape index (κ3) is 5.63. The van der Waals surface area contributed by atoms with Crippen LogP contribution in [0.4, 0.5) is 18.0 Å². The van der Waals surface area contributed by atoms with Crippen LogP contribution >= 0.6 is 11.8 Å². The topological polar surface area (TPSA) is 88.5 Å². The Kier molecular flexibility index (Phi) is 6.64. The van der Waals surface area contributed by atoms with Crippen molar-refractivity contribution in [3.05, 3.63) is 75.0 Å². The number of pyridine rings is 1. The zero-order valence-corrected chi connectivity index (χ0v) is 16.7. The Morgan fingerprint density at radius 1 is 1.06 bits per heavy atom. The Morgan fingerprint density at radius 3 is 2.45 bits per heavy atom. The first-order valence-corrected chi connectivity index (χ1v) is 9.81. The van der Waals surface area contributed by atoms with Crippen molar-refractivity contribution in [3.63, 3.8) is 0 Å². The fourth-order valence-electron chi connectivity index (χ4n) is 2.73. The first kappa shape index (κ1) is 22.3. The van der Waals surface area contributed by atoms with E-state index in [-0.39, 0.29) is 18.0 Å². The molecule has 0 bridgehead atoms. The number of alkyl halides is 3. The van der Waals surface area contributed by atoms with Crippen LogP contribution in [0.1, 0.15) is 11.1 Å². The van der Waals surface area contributed by atoms with Gasteiger partial charge in [-0.1, -0.05) is 30.3 Å². The van der Waals surface area contributed by atoms with E-state index in [2.05, 4.69) is 5.32 Å². The number of thioether (sulfide) groups is 1. The van der Waals surface area contributed by atoms with Gasteiger partial charge in [0.25, 0.3) is 16.7 Å². The second-order valence-corrected chi connectivity index (χ2v) is 7.47. The molecule has 1 aliphatic rings. The van der Waals surface area contributed by atoms with Gasteiger partial charge in [0.05, 0.1) is 10.5 Å². The van der Waals surface area contributed by atoms with Gasteiger partial charge >= 0.3 is 6.18 Å². The van der Waals surface area contributed by atoms with Crippen LogP contribution in [0.25, 0.3) is 6.08 Å². The zero-order chi connectivity index (χ0) is 22.6. The highest BCUT2D eigenvalue weighted by atomic mass is 32.2. The highest BCUT2D eigenvalue weighted by Crippen LogP contribution is 2.31. The van der Waals surface area contributed by atoms with Gasteiger partial charge in [0.2, 0.25) is 5.91 Å². The van der Waals surface area contributed by atoms with E-state index in [0.717, 1.165) is 28.3 Å². The molecule has 7 nitrogen and oxygen atoms in total. The molecule has 1 N–H and O–H groups in total. The second kappa shape index (κ2) is 9.21. The van der Waals surface area contributed by atoms with Crippen molar-refractivity contribution >= 4 is 34.9 Å². The largest absolute Gasteiger partial charge is 0.417 e. The van der Waals surface area contributed by atoms with Crippen LogP contribution in [0.5, 0.6) is 0 Å². The summed E-state index contributed by atoms with van der Waals surface area (Å²) in [7, 11) is 0. The van der Waals surface area contributed by atoms with Crippen molar-refractivity contribution in [2.45, 2.75) is 12.7 Å². The van der Waals surface area contributed by atoms with Crippen molar-refractivity contribution in [1.29, 1.82) is 0 Å². The molecule has 1 fully saturated rings. The smallest absolute Gasteiger partial charge is 0.353 e. The molecule has 1 aromatic heterocycles. The van der Waals surface area contributed by atoms with Gasteiger partial charge in [-0.25, -0.2) is 0 Å². The summed E-state index contributed by atoms with van der Waals surface area (Å²) in [6.07, 6.45) is -2.50. The van der Waals surface area contributed by atoms with Crippen LogP contribution in [0.2, 0.25) is 0 Å². The maximum Gasteiger partial charge on any atom is 0.417 e. The molecule has 3 amide bonds. The fraction of sp³-hybridized carbons (Fsp3) is 0.200. The molecule has 0 saturated carbocycles. The number of amides is 3. The molecule has 3 rings (SSSR count). The molecule has 1 saturated heterocycles. The lowest BCUT2D eigenvalue weighted by atomic mass is 10.2. The fourth-order valence-corrected chi connectivity index (χ4v) is 3.60. The molecule has 0 radical (unpaired) electrons. The Balaban J connectivity index is 1.56. The summed E-state index contributed by atoms with van der Waals surface area (Å²) in [6, 6.07) is 10.3. The number of carbonyl (C=O) groups is 3. The lowest BCUT2D eigenvalue weighted by Crippen LogP contribution is -2.39. The summed E-state index contributed by atoms with van der Waals surface area (Å²) >= 11 is 0.778. The molecule has 1 aliphatic heterocycles. The minimum atomic E-state index is -4.65. The number of rotatable bonds is 6. The van der Waals surface area contributed by atoms with Crippen molar-refractivity contribution in [2.24, 2.45) is 0 Å². The van der Waals surface area contributed by atoms with E-state index in [1.54, 1.807) is 30.3 Å². The number of nitrogens with zero attached hydrogens (tertiary/aromatic N) is 2. The molecule has 0 atom stereocenters. The van der Waals surface area contributed by atoms with E-state index >= 15 is 0 Å². The summed E-state index contributed by atoms with van der Waals surface area (Å²) in [6.45, 7) is -0.845. The van der Waals surface area contributed by atoms with Gasteiger partial charge in [-0.15, -0.1) is 0 Å². The van der Waals surface area contributed by atoms with Gasteiger partial charge in [-0.2, -0.15) is 13.2 Å². The van der Waals surface area contributed by atoms with Gasteiger partial charge in [0.15, 0.2) is 0 Å². The second-order valence-electron chi connectivity index (χ2n) is 6.48. The number of carbonyl (C=O) groups excluding carboxylic acids is 3. The Bertz CT molecular complexity index is 1100. The molecule has 162 valence electrons. The van der Waals surface area contributed by atoms with Crippen LogP contribution in [0.3, 0.4) is 0 Å². The van der Waals surface area contributed by atoms with Gasteiger partial charge in [-0.3, -0.25) is 24.1 Å². The zero-order valence-electron chi connectivity index (χ0n) is 15.9. The van der Waals surface area contributed by atoms with E-state index in [4.69, 9.17) is 0 Å². The number of hydrogen-bond donors (Lipinski definition) is 1. The summed E-state index contributed by atoms with van der Waals surface area (Å²) in [5.74, 6) is -1.23. The predicted octanol–water partition coefficient (Wildman–Crippen LogP) is 2.72. The van der Waals surface area contributed by atoms with Crippen molar-refractivity contribution in [2.75, 3.05) is 13.1 Å². The van der Waals surface area contributed by atoms with Crippen molar-refractivity contribution in [3.8, 4) is 0 Å². The minimum absolute atomic E-state index is 0.108. The lowest BCUT2D eigenvalue weighted by Gasteiger charge is -2.14. The minimum Gasteiger partial charge on any atom is -0.353 e. The third-order valence-electron chi connectivity index (χ3n) is 4.25. The van der Waals surface area contributed by atoms with Crippen LogP contribution < -0.4 is 10.9 Å². The lowest BCUT2D eigenvalue weighted by molar-refractivity contribution is -0.138. The van der Waals surface area contributed by atoms with Crippen LogP contribution in [-0.4, -0.2) is 39.6 Å². The van der Waals surface area contributed by atoms with Gasteiger partial charge in [-0.05, 0) is 29.5 Å². The third-order valence-corrected chi connectivity index (χ3v) is 5.16. The Morgan fingerprint density at radius 2 is 1.77 bits per heavy atom. The number of aromatic nitrogens is 1. The van der Waals surface area contributed by atoms with Gasteiger partial charge < -0.3 is 9.88 Å². The molecule has 1 aromatic carbocycles. The number of hydrogen-bond acceptors (Lipinski definition) is 5. The van der Waals surface area contributed by atoms with E-state index in [1.807, 2.05) is 6.07 Å². The molecule has 0 spiro atoms. The summed E-state index contributed by atoms with van der Waals surface area (Å²) < 4.78 is 38.9. The predicted molar refractivity (Wildman–Crippen MR) is 108 cm³/mol. The monoisotopic (exact) mass is 451 g/mol. The molecule has 11 heteroatoms. The SMILES string of the molecule is O=C(Cn1cc(C(F)(F)F)ccc1=O)NCCN1C(=O)S/C(=C/c2ccccc2)C1=O. The number of nitrogens with one attached hydrogen (secondary N) is 1. The summed E-state index contributed by atoms with van der Waals surface area (Å²) in [5, 5.41) is 1.90. The first-order valence-electron chi connectivity index (χ1n) is 9.00. The molecule has 31 heavy (non-hydrogen) atoms. The highest BCUT2D eigenvalue weighted by molar-refractivity contribution is 8.18. The Hall–Kier alpha value is -3.34. The normalized spacial score (nSPS) is 15.6. The van der Waals surface area contributed by atoms with Crippen molar-refractivity contribution in [1.82, 2.24) is 14.8 Å². The van der Waals surface area contributed by atoms with Crippen LogP contribution in [0, 0.1) is 0 Å². The van der Waals surface area contributed by atoms with Crippen LogP contribution in [-0.2, 0) is 22.3 Å². The summed E-state index contributed by atoms with van der Waals surface area (Å²) in [4.78, 5) is 49.4. The molecular formula is C20H16F3N3O4S. The van der Waals surface area contributed by atoms with Gasteiger partial charge in [0, 0.05) is 25.4 Å². The van der Waals surface area contributed by atoms with Crippen molar-refractivity contribution < 1.29 is 27.6 Å². The maximum absolute atomic E-state index is 12.8. The molecule has 2 aromatic rings. The quantitative estimate of drug-likeness (QED) is 0.683. The molecule has 0 unspecified atom stereocenters. The van der Waals surface area contributed by atoms with E-state index in [9.17, 15) is 32.3 Å². The average Bonchev–Trinajstić information content (AvgIpc) is 2.97. The average molecular weight is 451 g/mol. The van der Waals surface area contributed by atoms with E-state index in [0.29, 0.717) is 16.8 Å². The maximum atomic E-state index is 12.8. The van der Waals surface area contributed by atoms with E-state index in [1.165, 1.54) is 0 Å². The first-order chi connectivity index (χ1) is 14.6. The van der Waals surface area contributed by atoms with E-state index < -0.39 is 40.9 Å². The number of benzene rings is 1. The molecule has 0 aliphatic carbocycles. The highest BCUT2D eigenvalue weighted by Gasteiger charge is 2.34. The molecule has 2 heterocycles. The number of halogens is 3. The van der Waals surface area contributed by atoms with Crippen LogP contribution in [0.15, 0.2) is 58.4 Å². The summed E-state index contributed by atoms with van der Waals surface area (Å²) in [5.41, 5.74) is -1.06. The standard InChI is InChI=1S/C20H16F3N3O4S/c21-20(22,23)14-6-7-17(28)25(11-14)12-16(27)24-8-9-26-18(29)15(31-19(26)30)10-13-4-2-1-3-5-13/h1-7,10-11H,8-9,12H2,(H,24,27)/b15-10+. The molecular weight excluding hydrogens is 435 g/mol. The Labute approximate surface area is 178 Å².